The zero-order valence-corrected chi connectivity index (χ0v) is 9.52. The first-order valence-electron chi connectivity index (χ1n) is 5.39. The van der Waals surface area contributed by atoms with E-state index in [2.05, 4.69) is 24.5 Å². The molecule has 1 aromatic rings. The number of hydrogen-bond donors (Lipinski definition) is 2. The molecule has 0 heterocycles. The molecule has 0 unspecified atom stereocenters. The highest BCUT2D eigenvalue weighted by atomic mass is 16.2. The van der Waals surface area contributed by atoms with Gasteiger partial charge in [-0.1, -0.05) is 13.8 Å². The Morgan fingerprint density at radius 2 is 1.60 bits per heavy atom. The van der Waals surface area contributed by atoms with E-state index in [-0.39, 0.29) is 0 Å². The van der Waals surface area contributed by atoms with E-state index in [4.69, 9.17) is 0 Å². The summed E-state index contributed by atoms with van der Waals surface area (Å²) in [6, 6.07) is 0. The van der Waals surface area contributed by atoms with E-state index in [9.17, 15) is 9.59 Å². The molecule has 4 heteroatoms. The van der Waals surface area contributed by atoms with Crippen LogP contribution in [0.2, 0.25) is 0 Å². The molecule has 0 amide bonds. The Labute approximate surface area is 89.4 Å². The standard InChI is InChI=1S/C11H18N2O2/c1-4-12-8-9(11(15)10(8)14)13-6-5-7(2)3/h7,12-13H,4-6H2,1-3H3. The average Bonchev–Trinajstić information content (AvgIpc) is 2.21. The van der Waals surface area contributed by atoms with Gasteiger partial charge in [-0.2, -0.15) is 0 Å². The minimum absolute atomic E-state index is 0.394. The van der Waals surface area contributed by atoms with Gasteiger partial charge in [0.05, 0.1) is 0 Å². The molecule has 15 heavy (non-hydrogen) atoms. The Hall–Kier alpha value is -1.32. The number of anilines is 2. The largest absolute Gasteiger partial charge is 0.380 e. The molecule has 1 rings (SSSR count). The van der Waals surface area contributed by atoms with Gasteiger partial charge in [0.25, 0.3) is 10.9 Å². The Morgan fingerprint density at radius 3 is 2.07 bits per heavy atom. The summed E-state index contributed by atoms with van der Waals surface area (Å²) in [5, 5.41) is 5.91. The summed E-state index contributed by atoms with van der Waals surface area (Å²) in [5.74, 6) is 0.589. The Bertz CT molecular complexity index is 389. The Kier molecular flexibility index (Phi) is 3.88. The summed E-state index contributed by atoms with van der Waals surface area (Å²) in [6.45, 7) is 7.53. The maximum absolute atomic E-state index is 11.2. The van der Waals surface area contributed by atoms with Crippen molar-refractivity contribution >= 4 is 11.4 Å². The van der Waals surface area contributed by atoms with Gasteiger partial charge in [-0.3, -0.25) is 9.59 Å². The minimum atomic E-state index is -0.399. The number of nitrogens with one attached hydrogen (secondary N) is 2. The number of hydrogen-bond acceptors (Lipinski definition) is 4. The van der Waals surface area contributed by atoms with Gasteiger partial charge < -0.3 is 10.6 Å². The van der Waals surface area contributed by atoms with Gasteiger partial charge in [0.15, 0.2) is 0 Å². The van der Waals surface area contributed by atoms with Gasteiger partial charge >= 0.3 is 0 Å². The zero-order valence-electron chi connectivity index (χ0n) is 9.52. The molecule has 84 valence electrons. The summed E-state index contributed by atoms with van der Waals surface area (Å²) in [4.78, 5) is 22.4. The first kappa shape index (κ1) is 11.8. The van der Waals surface area contributed by atoms with Crippen molar-refractivity contribution in [2.75, 3.05) is 23.7 Å². The van der Waals surface area contributed by atoms with Crippen LogP contribution >= 0.6 is 0 Å². The lowest BCUT2D eigenvalue weighted by molar-refractivity contribution is 0.607. The minimum Gasteiger partial charge on any atom is -0.380 e. The lowest BCUT2D eigenvalue weighted by Gasteiger charge is -2.14. The second-order valence-electron chi connectivity index (χ2n) is 4.05. The predicted molar refractivity (Wildman–Crippen MR) is 63.5 cm³/mol. The van der Waals surface area contributed by atoms with Gasteiger partial charge in [-0.15, -0.1) is 0 Å². The van der Waals surface area contributed by atoms with Gasteiger partial charge in [-0.05, 0) is 19.3 Å². The van der Waals surface area contributed by atoms with Crippen LogP contribution in [0.3, 0.4) is 0 Å². The topological polar surface area (TPSA) is 58.2 Å². The molecule has 2 N–H and O–H groups in total. The highest BCUT2D eigenvalue weighted by molar-refractivity contribution is 5.73. The molecule has 4 nitrogen and oxygen atoms in total. The third kappa shape index (κ3) is 2.58. The highest BCUT2D eigenvalue weighted by Crippen LogP contribution is 2.14. The summed E-state index contributed by atoms with van der Waals surface area (Å²) in [6.07, 6.45) is 0.990. The average molecular weight is 210 g/mol. The van der Waals surface area contributed by atoms with E-state index in [1.165, 1.54) is 0 Å². The van der Waals surface area contributed by atoms with E-state index in [1.54, 1.807) is 0 Å². The third-order valence-electron chi connectivity index (χ3n) is 2.29. The Balaban J connectivity index is 2.58. The van der Waals surface area contributed by atoms with Gasteiger partial charge in [0.1, 0.15) is 11.4 Å². The second-order valence-corrected chi connectivity index (χ2v) is 4.05. The molecule has 0 radical (unpaired) electrons. The third-order valence-corrected chi connectivity index (χ3v) is 2.29. The zero-order chi connectivity index (χ0) is 11.4. The lowest BCUT2D eigenvalue weighted by atomic mass is 10.1. The van der Waals surface area contributed by atoms with Crippen molar-refractivity contribution in [3.63, 3.8) is 0 Å². The Morgan fingerprint density at radius 1 is 1.07 bits per heavy atom. The molecular formula is C11H18N2O2. The normalized spacial score (nSPS) is 10.9. The summed E-state index contributed by atoms with van der Waals surface area (Å²) in [5.41, 5.74) is 0.118. The fourth-order valence-electron chi connectivity index (χ4n) is 1.39. The molecule has 0 fully saturated rings. The van der Waals surface area contributed by atoms with Gasteiger partial charge in [0.2, 0.25) is 0 Å². The van der Waals surface area contributed by atoms with Crippen LogP contribution in [0.15, 0.2) is 9.59 Å². The molecule has 0 saturated carbocycles. The van der Waals surface area contributed by atoms with E-state index in [0.29, 0.717) is 23.8 Å². The fraction of sp³-hybridized carbons (Fsp3) is 0.636. The molecule has 0 aliphatic rings. The molecule has 0 saturated heterocycles. The van der Waals surface area contributed by atoms with Crippen LogP contribution in [0.4, 0.5) is 11.4 Å². The molecule has 0 aromatic heterocycles. The molecule has 0 aliphatic heterocycles. The van der Waals surface area contributed by atoms with Crippen LogP contribution in [0.5, 0.6) is 0 Å². The maximum Gasteiger partial charge on any atom is 0.253 e. The van der Waals surface area contributed by atoms with E-state index in [0.717, 1.165) is 13.0 Å². The van der Waals surface area contributed by atoms with Crippen molar-refractivity contribution < 1.29 is 0 Å². The van der Waals surface area contributed by atoms with Crippen molar-refractivity contribution in [2.45, 2.75) is 27.2 Å². The molecule has 0 spiro atoms. The van der Waals surface area contributed by atoms with Gasteiger partial charge in [-0.25, -0.2) is 0 Å². The van der Waals surface area contributed by atoms with Crippen LogP contribution in [-0.4, -0.2) is 13.1 Å². The van der Waals surface area contributed by atoms with Crippen LogP contribution < -0.4 is 21.5 Å². The molecule has 0 bridgehead atoms. The van der Waals surface area contributed by atoms with Gasteiger partial charge in [0, 0.05) is 13.1 Å². The monoisotopic (exact) mass is 210 g/mol. The van der Waals surface area contributed by atoms with Crippen LogP contribution in [0.1, 0.15) is 27.2 Å². The van der Waals surface area contributed by atoms with Crippen LogP contribution in [-0.2, 0) is 0 Å². The number of rotatable bonds is 6. The van der Waals surface area contributed by atoms with Crippen molar-refractivity contribution in [1.29, 1.82) is 0 Å². The van der Waals surface area contributed by atoms with E-state index in [1.807, 2.05) is 6.92 Å². The maximum atomic E-state index is 11.2. The summed E-state index contributed by atoms with van der Waals surface area (Å²) >= 11 is 0. The molecule has 0 aliphatic carbocycles. The quantitative estimate of drug-likeness (QED) is 0.692. The summed E-state index contributed by atoms with van der Waals surface area (Å²) in [7, 11) is 0. The highest BCUT2D eigenvalue weighted by Gasteiger charge is 2.19. The van der Waals surface area contributed by atoms with E-state index < -0.39 is 10.9 Å². The lowest BCUT2D eigenvalue weighted by Crippen LogP contribution is -2.37. The van der Waals surface area contributed by atoms with Crippen molar-refractivity contribution in [1.82, 2.24) is 0 Å². The first-order chi connectivity index (χ1) is 7.07. The smallest absolute Gasteiger partial charge is 0.253 e. The SMILES string of the molecule is CCNc1c(NCCC(C)C)c(=O)c1=O. The first-order valence-corrected chi connectivity index (χ1v) is 5.39. The van der Waals surface area contributed by atoms with Crippen LogP contribution in [0, 0.1) is 5.92 Å². The van der Waals surface area contributed by atoms with Crippen molar-refractivity contribution in [2.24, 2.45) is 5.92 Å². The molecule has 1 aromatic carbocycles. The summed E-state index contributed by atoms with van der Waals surface area (Å²) < 4.78 is 0. The van der Waals surface area contributed by atoms with Crippen molar-refractivity contribution in [3.8, 4) is 0 Å². The predicted octanol–water partition coefficient (Wildman–Crippen LogP) is 1.17. The fourth-order valence-corrected chi connectivity index (χ4v) is 1.39. The second kappa shape index (κ2) is 4.96. The molecular weight excluding hydrogens is 192 g/mol. The van der Waals surface area contributed by atoms with Crippen molar-refractivity contribution in [3.05, 3.63) is 20.4 Å². The van der Waals surface area contributed by atoms with Crippen LogP contribution in [0.25, 0.3) is 0 Å². The molecule has 0 atom stereocenters. The van der Waals surface area contributed by atoms with E-state index >= 15 is 0 Å².